The van der Waals surface area contributed by atoms with Crippen molar-refractivity contribution in [1.82, 2.24) is 0 Å². The lowest BCUT2D eigenvalue weighted by Crippen LogP contribution is -2.66. The minimum Gasteiger partial charge on any atom is -0.497 e. The van der Waals surface area contributed by atoms with E-state index in [0.717, 1.165) is 17.0 Å². The molecule has 1 fully saturated rings. The first-order valence-corrected chi connectivity index (χ1v) is 14.7. The first-order chi connectivity index (χ1) is 15.8. The highest BCUT2D eigenvalue weighted by Gasteiger charge is 2.54. The van der Waals surface area contributed by atoms with Gasteiger partial charge in [-0.05, 0) is 47.9 Å². The summed E-state index contributed by atoms with van der Waals surface area (Å²) in [5, 5.41) is 1.40. The molecule has 0 aliphatic carbocycles. The normalized spacial score (nSPS) is 19.7. The molecule has 4 heteroatoms. The van der Waals surface area contributed by atoms with E-state index in [2.05, 4.69) is 87.6 Å². The van der Waals surface area contributed by atoms with Crippen molar-refractivity contribution in [2.75, 3.05) is 12.0 Å². The van der Waals surface area contributed by atoms with Crippen molar-refractivity contribution in [2.45, 2.75) is 38.5 Å². The second-order valence-electron chi connectivity index (χ2n) is 9.55. The third-order valence-corrected chi connectivity index (χ3v) is 11.8. The predicted molar refractivity (Wildman–Crippen MR) is 141 cm³/mol. The molecule has 1 aliphatic heterocycles. The molecule has 1 aliphatic rings. The zero-order chi connectivity index (χ0) is 23.6. The third kappa shape index (κ3) is 4.40. The number of benzene rings is 3. The van der Waals surface area contributed by atoms with Crippen LogP contribution in [-0.4, -0.2) is 27.1 Å². The van der Waals surface area contributed by atoms with E-state index >= 15 is 0 Å². The van der Waals surface area contributed by atoms with Crippen molar-refractivity contribution in [1.29, 1.82) is 0 Å². The van der Waals surface area contributed by atoms with Gasteiger partial charge in [-0.3, -0.25) is 4.79 Å². The van der Waals surface area contributed by atoms with E-state index in [0.29, 0.717) is 5.54 Å². The number of hydrogen-bond donors (Lipinski definition) is 0. The van der Waals surface area contributed by atoms with Crippen LogP contribution in [0.5, 0.6) is 5.75 Å². The molecule has 170 valence electrons. The van der Waals surface area contributed by atoms with Gasteiger partial charge in [0.1, 0.15) is 5.75 Å². The maximum atomic E-state index is 13.7. The highest BCUT2D eigenvalue weighted by molar-refractivity contribution is 6.91. The molecular weight excluding hydrogens is 422 g/mol. The van der Waals surface area contributed by atoms with Gasteiger partial charge in [-0.25, -0.2) is 0 Å². The van der Waals surface area contributed by atoms with Crippen LogP contribution < -0.4 is 14.8 Å². The molecule has 0 spiro atoms. The first kappa shape index (κ1) is 23.1. The number of carbonyl (C=O) groups excluding carboxylic acids is 1. The highest BCUT2D eigenvalue weighted by Crippen LogP contribution is 2.46. The fourth-order valence-corrected chi connectivity index (χ4v) is 7.79. The van der Waals surface area contributed by atoms with E-state index in [1.807, 2.05) is 35.2 Å². The van der Waals surface area contributed by atoms with Gasteiger partial charge in [0, 0.05) is 5.69 Å². The van der Waals surface area contributed by atoms with Crippen LogP contribution in [0.4, 0.5) is 5.69 Å². The summed E-state index contributed by atoms with van der Waals surface area (Å²) >= 11 is 0. The van der Waals surface area contributed by atoms with Crippen molar-refractivity contribution in [3.05, 3.63) is 96.1 Å². The van der Waals surface area contributed by atoms with Crippen molar-refractivity contribution < 1.29 is 9.53 Å². The van der Waals surface area contributed by atoms with Gasteiger partial charge in [-0.2, -0.15) is 0 Å². The average Bonchev–Trinajstić information content (AvgIpc) is 2.84. The molecule has 1 amide bonds. The molecule has 3 nitrogen and oxygen atoms in total. The van der Waals surface area contributed by atoms with Gasteiger partial charge in [0.05, 0.1) is 27.1 Å². The van der Waals surface area contributed by atoms with Crippen LogP contribution in [0.2, 0.25) is 18.6 Å². The van der Waals surface area contributed by atoms with Crippen LogP contribution in [0, 0.1) is 5.92 Å². The zero-order valence-corrected chi connectivity index (χ0v) is 21.2. The number of nitrogens with zero attached hydrogens (tertiary/aromatic N) is 1. The van der Waals surface area contributed by atoms with Gasteiger partial charge < -0.3 is 9.64 Å². The van der Waals surface area contributed by atoms with Crippen molar-refractivity contribution in [2.24, 2.45) is 5.92 Å². The molecular formula is C29H33NO2Si. The first-order valence-electron chi connectivity index (χ1n) is 11.6. The topological polar surface area (TPSA) is 29.5 Å². The maximum absolute atomic E-state index is 13.7. The zero-order valence-electron chi connectivity index (χ0n) is 20.2. The Labute approximate surface area is 198 Å². The van der Waals surface area contributed by atoms with E-state index < -0.39 is 8.07 Å². The molecule has 3 aromatic rings. The molecule has 0 aromatic heterocycles. The average molecular weight is 456 g/mol. The second-order valence-corrected chi connectivity index (χ2v) is 14.5. The summed E-state index contributed by atoms with van der Waals surface area (Å²) in [5.41, 5.74) is 3.60. The monoisotopic (exact) mass is 455 g/mol. The minimum absolute atomic E-state index is 0.0334. The van der Waals surface area contributed by atoms with Gasteiger partial charge >= 0.3 is 0 Å². The van der Waals surface area contributed by atoms with Gasteiger partial charge in [-0.1, -0.05) is 91.9 Å². The molecule has 0 radical (unpaired) electrons. The smallest absolute Gasteiger partial charge is 0.233 e. The molecule has 3 atom stereocenters. The Bertz CT molecular complexity index is 1120. The quantitative estimate of drug-likeness (QED) is 0.316. The highest BCUT2D eigenvalue weighted by atomic mass is 28.3. The van der Waals surface area contributed by atoms with Gasteiger partial charge in [0.2, 0.25) is 5.91 Å². The number of β-lactam (4-membered cyclic amide) rings is 1. The Morgan fingerprint density at radius 1 is 0.939 bits per heavy atom. The van der Waals surface area contributed by atoms with E-state index in [1.54, 1.807) is 7.11 Å². The minimum atomic E-state index is -1.88. The fourth-order valence-electron chi connectivity index (χ4n) is 4.99. The molecule has 3 aromatic carbocycles. The Morgan fingerprint density at radius 3 is 2.09 bits per heavy atom. The van der Waals surface area contributed by atoms with E-state index in [-0.39, 0.29) is 17.9 Å². The second kappa shape index (κ2) is 9.40. The fraction of sp³-hybridized carbons (Fsp3) is 0.276. The van der Waals surface area contributed by atoms with Crippen LogP contribution in [0.3, 0.4) is 0 Å². The van der Waals surface area contributed by atoms with Gasteiger partial charge in [0.25, 0.3) is 0 Å². The summed E-state index contributed by atoms with van der Waals surface area (Å²) in [5.74, 6) is 0.978. The summed E-state index contributed by atoms with van der Waals surface area (Å²) < 4.78 is 5.32. The Morgan fingerprint density at radius 2 is 1.52 bits per heavy atom. The standard InChI is InChI=1S/C29H33NO2Si/c1-21(20-23-12-8-6-9-13-23)28-27(22(2)33(4,5)26-14-10-7-11-15-26)29(31)30(28)24-16-18-25(32-3)19-17-24/h6-20,22,27-28H,1-5H3/b21-20+/t22-,27+,28+/m1/s1. The van der Waals surface area contributed by atoms with Crippen LogP contribution in [0.25, 0.3) is 6.08 Å². The summed E-state index contributed by atoms with van der Waals surface area (Å²) in [7, 11) is -0.217. The summed E-state index contributed by atoms with van der Waals surface area (Å²) in [6.07, 6.45) is 2.23. The molecule has 0 N–H and O–H groups in total. The van der Waals surface area contributed by atoms with Crippen molar-refractivity contribution >= 4 is 30.9 Å². The molecule has 0 saturated carbocycles. The number of hydrogen-bond acceptors (Lipinski definition) is 2. The van der Waals surface area contributed by atoms with Crippen molar-refractivity contribution in [3.8, 4) is 5.75 Å². The molecule has 33 heavy (non-hydrogen) atoms. The summed E-state index contributed by atoms with van der Waals surface area (Å²) in [6.45, 7) is 9.24. The number of anilines is 1. The lowest BCUT2D eigenvalue weighted by atomic mass is 9.79. The SMILES string of the molecule is COc1ccc(N2C(=O)[C@@H]([C@@H](C)[Si](C)(C)c3ccccc3)[C@@H]2/C(C)=C/c2ccccc2)cc1. The van der Waals surface area contributed by atoms with Crippen LogP contribution in [0.1, 0.15) is 19.4 Å². The molecule has 1 heterocycles. The van der Waals surface area contributed by atoms with Gasteiger partial charge in [-0.15, -0.1) is 0 Å². The Hall–Kier alpha value is -3.11. The van der Waals surface area contributed by atoms with Crippen molar-refractivity contribution in [3.63, 3.8) is 0 Å². The van der Waals surface area contributed by atoms with Gasteiger partial charge in [0.15, 0.2) is 0 Å². The number of amides is 1. The Kier molecular flexibility index (Phi) is 6.57. The summed E-state index contributed by atoms with van der Waals surface area (Å²) in [4.78, 5) is 15.7. The number of carbonyl (C=O) groups is 1. The predicted octanol–water partition coefficient (Wildman–Crippen LogP) is 6.14. The maximum Gasteiger partial charge on any atom is 0.233 e. The van der Waals surface area contributed by atoms with E-state index in [4.69, 9.17) is 4.74 Å². The lowest BCUT2D eigenvalue weighted by molar-refractivity contribution is -0.129. The molecule has 0 bridgehead atoms. The molecule has 4 rings (SSSR count). The Balaban J connectivity index is 1.72. The van der Waals surface area contributed by atoms with E-state index in [9.17, 15) is 4.79 Å². The molecule has 0 unspecified atom stereocenters. The lowest BCUT2D eigenvalue weighted by Gasteiger charge is -2.53. The number of methoxy groups -OCH3 is 1. The largest absolute Gasteiger partial charge is 0.497 e. The molecule has 1 saturated heterocycles. The number of ether oxygens (including phenoxy) is 1. The third-order valence-electron chi connectivity index (χ3n) is 7.35. The van der Waals surface area contributed by atoms with E-state index in [1.165, 1.54) is 10.8 Å². The number of rotatable bonds is 7. The summed E-state index contributed by atoms with van der Waals surface area (Å²) in [6, 6.07) is 29.0. The van der Waals surface area contributed by atoms with Crippen LogP contribution in [0.15, 0.2) is 90.5 Å². The van der Waals surface area contributed by atoms with Crippen LogP contribution >= 0.6 is 0 Å². The van der Waals surface area contributed by atoms with Crippen LogP contribution in [-0.2, 0) is 4.79 Å².